The molecule has 0 aromatic heterocycles. The van der Waals surface area contributed by atoms with Crippen molar-refractivity contribution >= 4 is 31.4 Å². The molecule has 4 atom stereocenters. The quantitative estimate of drug-likeness (QED) is 0.690. The number of allylic oxidation sites excluding steroid dienone is 1. The Balaban J connectivity index is 2.03. The fourth-order valence-corrected chi connectivity index (χ4v) is 6.78. The molecular formula is C18H30ClNO3S. The molecular weight excluding hydrogens is 346 g/mol. The van der Waals surface area contributed by atoms with E-state index < -0.39 is 9.24 Å². The van der Waals surface area contributed by atoms with E-state index in [1.54, 1.807) is 5.55 Å². The standard InChI is InChI=1S/C18H30ClNO3S/c1-12(2)15-6-5-13(3)9-16(15)23-18(22)10-24(19)11-20-14(4)17(24)7-8-21/h11-13,15-16,21H,5-10H2,1-4H3. The third-order valence-corrected chi connectivity index (χ3v) is 8.68. The van der Waals surface area contributed by atoms with E-state index in [1.807, 2.05) is 6.92 Å². The second-order valence-corrected chi connectivity index (χ2v) is 11.5. The van der Waals surface area contributed by atoms with E-state index in [9.17, 15) is 9.90 Å². The van der Waals surface area contributed by atoms with Gasteiger partial charge in [-0.3, -0.25) is 9.79 Å². The van der Waals surface area contributed by atoms with E-state index in [2.05, 4.69) is 25.8 Å². The lowest BCUT2D eigenvalue weighted by molar-refractivity contribution is -0.152. The van der Waals surface area contributed by atoms with Gasteiger partial charge in [-0.2, -0.15) is 0 Å². The van der Waals surface area contributed by atoms with E-state index in [-0.39, 0.29) is 24.4 Å². The lowest BCUT2D eigenvalue weighted by Crippen LogP contribution is -2.36. The van der Waals surface area contributed by atoms with Crippen molar-refractivity contribution in [3.8, 4) is 0 Å². The third kappa shape index (κ3) is 4.55. The zero-order chi connectivity index (χ0) is 17.9. The Morgan fingerprint density at radius 1 is 1.50 bits per heavy atom. The van der Waals surface area contributed by atoms with Gasteiger partial charge >= 0.3 is 5.97 Å². The number of aliphatic hydroxyl groups excluding tert-OH is 1. The van der Waals surface area contributed by atoms with Crippen LogP contribution in [0.25, 0.3) is 0 Å². The molecule has 1 aliphatic heterocycles. The van der Waals surface area contributed by atoms with Gasteiger partial charge < -0.3 is 9.84 Å². The van der Waals surface area contributed by atoms with Crippen LogP contribution < -0.4 is 0 Å². The second-order valence-electron chi connectivity index (χ2n) is 7.42. The molecule has 0 aromatic carbocycles. The Bertz CT molecular complexity index is 534. The summed E-state index contributed by atoms with van der Waals surface area (Å²) in [6.07, 6.45) is 3.71. The summed E-state index contributed by atoms with van der Waals surface area (Å²) in [4.78, 5) is 17.8. The Hall–Kier alpha value is -0.520. The zero-order valence-electron chi connectivity index (χ0n) is 15.1. The summed E-state index contributed by atoms with van der Waals surface area (Å²) in [6, 6.07) is 0. The van der Waals surface area contributed by atoms with Crippen LogP contribution >= 0.6 is 19.9 Å². The molecule has 2 aliphatic rings. The van der Waals surface area contributed by atoms with Crippen LogP contribution in [0.1, 0.15) is 53.4 Å². The van der Waals surface area contributed by atoms with Crippen molar-refractivity contribution in [3.05, 3.63) is 10.6 Å². The second kappa shape index (κ2) is 8.24. The van der Waals surface area contributed by atoms with Crippen molar-refractivity contribution in [3.63, 3.8) is 0 Å². The first-order valence-electron chi connectivity index (χ1n) is 8.81. The van der Waals surface area contributed by atoms with Crippen LogP contribution in [0, 0.1) is 17.8 Å². The van der Waals surface area contributed by atoms with Crippen LogP contribution in [0.4, 0.5) is 0 Å². The average molecular weight is 376 g/mol. The molecule has 0 spiro atoms. The lowest BCUT2D eigenvalue weighted by Gasteiger charge is -2.37. The molecule has 24 heavy (non-hydrogen) atoms. The maximum atomic E-state index is 12.6. The van der Waals surface area contributed by atoms with Crippen molar-refractivity contribution in [1.29, 1.82) is 0 Å². The molecule has 0 saturated heterocycles. The van der Waals surface area contributed by atoms with Gasteiger partial charge in [0, 0.05) is 23.6 Å². The molecule has 4 unspecified atom stereocenters. The monoisotopic (exact) mass is 375 g/mol. The van der Waals surface area contributed by atoms with E-state index in [1.165, 1.54) is 6.42 Å². The molecule has 1 N–H and O–H groups in total. The maximum Gasteiger partial charge on any atom is 0.316 e. The fourth-order valence-electron chi connectivity index (χ4n) is 3.74. The zero-order valence-corrected chi connectivity index (χ0v) is 16.7. The number of carbonyl (C=O) groups excluding carboxylic acids is 1. The van der Waals surface area contributed by atoms with Crippen LogP contribution in [0.3, 0.4) is 0 Å². The van der Waals surface area contributed by atoms with Crippen molar-refractivity contribution in [2.75, 3.05) is 12.4 Å². The number of nitrogens with zero attached hydrogens (tertiary/aromatic N) is 1. The van der Waals surface area contributed by atoms with Crippen LogP contribution in [0.2, 0.25) is 0 Å². The first-order chi connectivity index (χ1) is 11.3. The predicted octanol–water partition coefficient (Wildman–Crippen LogP) is 4.60. The summed E-state index contributed by atoms with van der Waals surface area (Å²) in [5.74, 6) is 1.45. The van der Waals surface area contributed by atoms with Crippen LogP contribution in [0.15, 0.2) is 15.6 Å². The normalized spacial score (nSPS) is 36.0. The summed E-state index contributed by atoms with van der Waals surface area (Å²) >= 11 is 0. The summed E-state index contributed by atoms with van der Waals surface area (Å²) < 4.78 is 5.88. The number of halogens is 1. The molecule has 138 valence electrons. The van der Waals surface area contributed by atoms with E-state index >= 15 is 0 Å². The number of aliphatic imine (C=N–C) groups is 1. The first kappa shape index (κ1) is 19.8. The van der Waals surface area contributed by atoms with Gasteiger partial charge in [-0.1, -0.05) is 47.1 Å². The lowest BCUT2D eigenvalue weighted by atomic mass is 9.75. The molecule has 1 aliphatic carbocycles. The topological polar surface area (TPSA) is 58.9 Å². The van der Waals surface area contributed by atoms with Crippen molar-refractivity contribution < 1.29 is 14.6 Å². The Morgan fingerprint density at radius 2 is 2.21 bits per heavy atom. The number of ether oxygens (including phenoxy) is 1. The van der Waals surface area contributed by atoms with Crippen LogP contribution in [-0.2, 0) is 9.53 Å². The fraction of sp³-hybridized carbons (Fsp3) is 0.778. The predicted molar refractivity (Wildman–Crippen MR) is 102 cm³/mol. The van der Waals surface area contributed by atoms with Gasteiger partial charge in [-0.15, -0.1) is 0 Å². The van der Waals surface area contributed by atoms with Crippen LogP contribution in [-0.4, -0.2) is 35.1 Å². The molecule has 0 bridgehead atoms. The summed E-state index contributed by atoms with van der Waals surface area (Å²) in [7, 11) is 4.78. The van der Waals surface area contributed by atoms with Crippen molar-refractivity contribution in [2.45, 2.75) is 59.5 Å². The molecule has 0 radical (unpaired) electrons. The minimum atomic E-state index is -1.93. The van der Waals surface area contributed by atoms with Gasteiger partial charge in [0.1, 0.15) is 6.10 Å². The number of carbonyl (C=O) groups is 1. The smallest absolute Gasteiger partial charge is 0.316 e. The van der Waals surface area contributed by atoms with Gasteiger partial charge in [0.05, 0.1) is 11.3 Å². The molecule has 2 rings (SSSR count). The van der Waals surface area contributed by atoms with Gasteiger partial charge in [0.15, 0.2) is 0 Å². The minimum Gasteiger partial charge on any atom is -0.461 e. The molecule has 1 heterocycles. The SMILES string of the molecule is CC1=C(CCO)S(Cl)(CC(=O)OC2CC(C)CCC2C(C)C)C=N1. The molecule has 4 nitrogen and oxygen atoms in total. The highest BCUT2D eigenvalue weighted by Crippen LogP contribution is 2.63. The molecule has 0 amide bonds. The van der Waals surface area contributed by atoms with Crippen molar-refractivity contribution in [2.24, 2.45) is 22.7 Å². The number of aliphatic hydroxyl groups is 1. The van der Waals surface area contributed by atoms with E-state index in [4.69, 9.17) is 15.4 Å². The number of rotatable bonds is 6. The Labute approximate surface area is 151 Å². The van der Waals surface area contributed by atoms with Gasteiger partial charge in [-0.25, -0.2) is 0 Å². The summed E-state index contributed by atoms with van der Waals surface area (Å²) in [6.45, 7) is 8.51. The van der Waals surface area contributed by atoms with Crippen LogP contribution in [0.5, 0.6) is 0 Å². The average Bonchev–Trinajstić information content (AvgIpc) is 2.75. The summed E-state index contributed by atoms with van der Waals surface area (Å²) in [5, 5.41) is 9.25. The van der Waals surface area contributed by atoms with Gasteiger partial charge in [0.25, 0.3) is 0 Å². The van der Waals surface area contributed by atoms with E-state index in [0.717, 1.165) is 23.4 Å². The highest BCUT2D eigenvalue weighted by Gasteiger charge is 2.37. The minimum absolute atomic E-state index is 0.00868. The molecule has 6 heteroatoms. The van der Waals surface area contributed by atoms with Crippen molar-refractivity contribution in [1.82, 2.24) is 0 Å². The summed E-state index contributed by atoms with van der Waals surface area (Å²) in [5.41, 5.74) is 2.52. The highest BCUT2D eigenvalue weighted by atomic mass is 35.7. The maximum absolute atomic E-state index is 12.6. The molecule has 0 aromatic rings. The number of hydrogen-bond donors (Lipinski definition) is 1. The highest BCUT2D eigenvalue weighted by molar-refractivity contribution is 8.62. The molecule has 1 fully saturated rings. The Morgan fingerprint density at radius 3 is 2.83 bits per heavy atom. The number of esters is 1. The van der Waals surface area contributed by atoms with Gasteiger partial charge in [0.2, 0.25) is 0 Å². The Kier molecular flexibility index (Phi) is 6.80. The number of hydrogen-bond acceptors (Lipinski definition) is 4. The third-order valence-electron chi connectivity index (χ3n) is 5.14. The largest absolute Gasteiger partial charge is 0.461 e. The van der Waals surface area contributed by atoms with Gasteiger partial charge in [-0.05, 0) is 37.5 Å². The van der Waals surface area contributed by atoms with E-state index in [0.29, 0.717) is 24.2 Å². The molecule has 1 saturated carbocycles. The first-order valence-corrected chi connectivity index (χ1v) is 11.5.